The average Bonchev–Trinajstić information content (AvgIpc) is 2.95. The van der Waals surface area contributed by atoms with Crippen molar-refractivity contribution in [2.75, 3.05) is 6.61 Å². The van der Waals surface area contributed by atoms with E-state index in [-0.39, 0.29) is 12.3 Å². The van der Waals surface area contributed by atoms with Gasteiger partial charge in [-0.05, 0) is 31.0 Å². The largest absolute Gasteiger partial charge is 0.461 e. The molecule has 0 radical (unpaired) electrons. The van der Waals surface area contributed by atoms with E-state index < -0.39 is 29.7 Å². The van der Waals surface area contributed by atoms with Crippen LogP contribution in [-0.2, 0) is 10.9 Å². The van der Waals surface area contributed by atoms with E-state index in [1.54, 1.807) is 6.92 Å². The number of hydrogen-bond acceptors (Lipinski definition) is 3. The van der Waals surface area contributed by atoms with Gasteiger partial charge in [-0.1, -0.05) is 25.5 Å². The van der Waals surface area contributed by atoms with Crippen molar-refractivity contribution in [2.45, 2.75) is 38.9 Å². The molecule has 1 aromatic heterocycles. The quantitative estimate of drug-likeness (QED) is 0.430. The van der Waals surface area contributed by atoms with Crippen LogP contribution in [0.25, 0.3) is 0 Å². The maximum absolute atomic E-state index is 13.9. The lowest BCUT2D eigenvalue weighted by Crippen LogP contribution is -2.17. The predicted molar refractivity (Wildman–Crippen MR) is 82.6 cm³/mol. The molecular weight excluding hydrogens is 340 g/mol. The van der Waals surface area contributed by atoms with E-state index in [1.807, 2.05) is 6.92 Å². The number of aromatic nitrogens is 2. The van der Waals surface area contributed by atoms with E-state index in [4.69, 9.17) is 4.74 Å². The topological polar surface area (TPSA) is 44.1 Å². The second-order valence-electron chi connectivity index (χ2n) is 5.58. The molecule has 0 spiro atoms. The molecular formula is C17H18F4N2O2. The number of carbonyl (C=O) groups is 1. The van der Waals surface area contributed by atoms with E-state index >= 15 is 0 Å². The number of alkyl halides is 3. The summed E-state index contributed by atoms with van der Waals surface area (Å²) in [5.41, 5.74) is -0.643. The molecule has 136 valence electrons. The smallest absolute Gasteiger partial charge is 0.416 e. The molecule has 0 saturated carbocycles. The first-order valence-corrected chi connectivity index (χ1v) is 7.82. The zero-order valence-corrected chi connectivity index (χ0v) is 13.8. The third kappa shape index (κ3) is 4.37. The fourth-order valence-electron chi connectivity index (χ4n) is 2.31. The molecule has 4 nitrogen and oxygen atoms in total. The summed E-state index contributed by atoms with van der Waals surface area (Å²) in [5.74, 6) is -1.82. The molecule has 0 unspecified atom stereocenters. The van der Waals surface area contributed by atoms with Crippen LogP contribution in [-0.4, -0.2) is 22.1 Å². The maximum Gasteiger partial charge on any atom is 0.416 e. The van der Waals surface area contributed by atoms with Crippen molar-refractivity contribution in [3.63, 3.8) is 0 Å². The van der Waals surface area contributed by atoms with Crippen LogP contribution in [0, 0.1) is 5.95 Å². The second-order valence-corrected chi connectivity index (χ2v) is 5.58. The van der Waals surface area contributed by atoms with Gasteiger partial charge in [0.05, 0.1) is 24.5 Å². The van der Waals surface area contributed by atoms with Gasteiger partial charge in [0.25, 0.3) is 0 Å². The molecule has 0 aliphatic rings. The Labute approximate surface area is 142 Å². The monoisotopic (exact) mass is 358 g/mol. The summed E-state index contributed by atoms with van der Waals surface area (Å²) in [6.07, 6.45) is -1.84. The molecule has 2 aromatic rings. The van der Waals surface area contributed by atoms with E-state index in [1.165, 1.54) is 16.7 Å². The van der Waals surface area contributed by atoms with Crippen molar-refractivity contribution in [1.82, 2.24) is 9.55 Å². The van der Waals surface area contributed by atoms with Crippen LogP contribution in [0.4, 0.5) is 17.6 Å². The highest BCUT2D eigenvalue weighted by Crippen LogP contribution is 2.30. The zero-order valence-electron chi connectivity index (χ0n) is 13.8. The number of imidazole rings is 1. The Morgan fingerprint density at radius 3 is 2.48 bits per heavy atom. The number of esters is 1. The molecule has 0 amide bonds. The number of carbonyl (C=O) groups excluding carboxylic acids is 1. The fourth-order valence-corrected chi connectivity index (χ4v) is 2.31. The van der Waals surface area contributed by atoms with Gasteiger partial charge in [0.1, 0.15) is 0 Å². The van der Waals surface area contributed by atoms with E-state index in [2.05, 4.69) is 4.98 Å². The molecule has 0 bridgehead atoms. The molecule has 0 aliphatic heterocycles. The number of ether oxygens (including phenoxy) is 1. The van der Waals surface area contributed by atoms with Crippen molar-refractivity contribution in [1.29, 1.82) is 0 Å². The van der Waals surface area contributed by atoms with Crippen LogP contribution in [0.1, 0.15) is 54.3 Å². The first-order chi connectivity index (χ1) is 11.8. The highest BCUT2D eigenvalue weighted by molar-refractivity contribution is 5.87. The Bertz CT molecular complexity index is 723. The van der Waals surface area contributed by atoms with Gasteiger partial charge in [-0.3, -0.25) is 0 Å². The lowest BCUT2D eigenvalue weighted by molar-refractivity contribution is -0.137. The SMILES string of the molecule is CCCCOC(=O)c1c(F)ncn1[C@H](C)c1ccc(C(F)(F)F)cc1. The second kappa shape index (κ2) is 7.67. The van der Waals surface area contributed by atoms with Crippen molar-refractivity contribution >= 4 is 5.97 Å². The van der Waals surface area contributed by atoms with Crippen LogP contribution >= 0.6 is 0 Å². The molecule has 0 fully saturated rings. The standard InChI is InChI=1S/C17H18F4N2O2/c1-3-4-9-25-16(24)14-15(18)22-10-23(14)11(2)12-5-7-13(8-6-12)17(19,20)21/h5-8,10-11H,3-4,9H2,1-2H3/t11-/m1/s1. The molecule has 0 N–H and O–H groups in total. The van der Waals surface area contributed by atoms with Gasteiger partial charge >= 0.3 is 12.1 Å². The Balaban J connectivity index is 2.25. The summed E-state index contributed by atoms with van der Waals surface area (Å²) >= 11 is 0. The first-order valence-electron chi connectivity index (χ1n) is 7.82. The summed E-state index contributed by atoms with van der Waals surface area (Å²) < 4.78 is 58.1. The van der Waals surface area contributed by atoms with Crippen LogP contribution in [0.15, 0.2) is 30.6 Å². The van der Waals surface area contributed by atoms with Gasteiger partial charge in [0.15, 0.2) is 5.69 Å². The van der Waals surface area contributed by atoms with Gasteiger partial charge in [-0.15, -0.1) is 0 Å². The normalized spacial score (nSPS) is 12.9. The van der Waals surface area contributed by atoms with Crippen LogP contribution < -0.4 is 0 Å². The Morgan fingerprint density at radius 2 is 1.92 bits per heavy atom. The number of benzene rings is 1. The Morgan fingerprint density at radius 1 is 1.28 bits per heavy atom. The Kier molecular flexibility index (Phi) is 5.81. The first kappa shape index (κ1) is 19.0. The lowest BCUT2D eigenvalue weighted by atomic mass is 10.1. The minimum Gasteiger partial charge on any atom is -0.461 e. The molecule has 1 heterocycles. The molecule has 8 heteroatoms. The molecule has 1 aromatic carbocycles. The van der Waals surface area contributed by atoms with Crippen LogP contribution in [0.5, 0.6) is 0 Å². The van der Waals surface area contributed by atoms with E-state index in [9.17, 15) is 22.4 Å². The lowest BCUT2D eigenvalue weighted by Gasteiger charge is -2.17. The molecule has 1 atom stereocenters. The van der Waals surface area contributed by atoms with Gasteiger partial charge in [-0.2, -0.15) is 17.6 Å². The van der Waals surface area contributed by atoms with Gasteiger partial charge in [0.2, 0.25) is 5.95 Å². The summed E-state index contributed by atoms with van der Waals surface area (Å²) in [6, 6.07) is 3.87. The average molecular weight is 358 g/mol. The summed E-state index contributed by atoms with van der Waals surface area (Å²) in [5, 5.41) is 0. The number of nitrogens with zero attached hydrogens (tertiary/aromatic N) is 2. The maximum atomic E-state index is 13.9. The minimum atomic E-state index is -4.43. The predicted octanol–water partition coefficient (Wildman–Crippen LogP) is 4.61. The van der Waals surface area contributed by atoms with Crippen LogP contribution in [0.2, 0.25) is 0 Å². The zero-order chi connectivity index (χ0) is 18.6. The van der Waals surface area contributed by atoms with E-state index in [0.717, 1.165) is 24.9 Å². The van der Waals surface area contributed by atoms with E-state index in [0.29, 0.717) is 12.0 Å². The summed E-state index contributed by atoms with van der Waals surface area (Å²) in [6.45, 7) is 3.71. The highest BCUT2D eigenvalue weighted by Gasteiger charge is 2.30. The third-order valence-corrected chi connectivity index (χ3v) is 3.81. The number of hydrogen-bond donors (Lipinski definition) is 0. The summed E-state index contributed by atoms with van der Waals surface area (Å²) in [7, 11) is 0. The molecule has 25 heavy (non-hydrogen) atoms. The Hall–Kier alpha value is -2.38. The molecule has 2 rings (SSSR count). The van der Waals surface area contributed by atoms with Crippen molar-refractivity contribution in [3.8, 4) is 0 Å². The van der Waals surface area contributed by atoms with Gasteiger partial charge in [0, 0.05) is 0 Å². The molecule has 0 saturated heterocycles. The van der Waals surface area contributed by atoms with Crippen LogP contribution in [0.3, 0.4) is 0 Å². The van der Waals surface area contributed by atoms with Crippen molar-refractivity contribution < 1.29 is 27.1 Å². The fraction of sp³-hybridized carbons (Fsp3) is 0.412. The van der Waals surface area contributed by atoms with Crippen molar-refractivity contribution in [3.05, 3.63) is 53.4 Å². The number of unbranched alkanes of at least 4 members (excludes halogenated alkanes) is 1. The molecule has 0 aliphatic carbocycles. The number of rotatable bonds is 6. The van der Waals surface area contributed by atoms with Gasteiger partial charge in [-0.25, -0.2) is 9.78 Å². The summed E-state index contributed by atoms with van der Waals surface area (Å²) in [4.78, 5) is 15.6. The van der Waals surface area contributed by atoms with Crippen molar-refractivity contribution in [2.24, 2.45) is 0 Å². The highest BCUT2D eigenvalue weighted by atomic mass is 19.4. The number of halogens is 4. The third-order valence-electron chi connectivity index (χ3n) is 3.81. The minimum absolute atomic E-state index is 0.161. The van der Waals surface area contributed by atoms with Gasteiger partial charge < -0.3 is 9.30 Å².